The van der Waals surface area contributed by atoms with Gasteiger partial charge < -0.3 is 10.3 Å². The number of hydrogen-bond donors (Lipinski definition) is 2. The minimum Gasteiger partial charge on any atom is -0.322 e. The number of carbonyl (C=O) groups excluding carboxylic acids is 1. The van der Waals surface area contributed by atoms with Crippen LogP contribution >= 0.6 is 11.6 Å². The number of aryl methyl sites for hydroxylation is 1. The highest BCUT2D eigenvalue weighted by Crippen LogP contribution is 2.18. The van der Waals surface area contributed by atoms with Crippen molar-refractivity contribution in [2.24, 2.45) is 0 Å². The molecule has 0 atom stereocenters. The molecule has 0 aliphatic heterocycles. The lowest BCUT2D eigenvalue weighted by Crippen LogP contribution is -2.38. The van der Waals surface area contributed by atoms with E-state index in [4.69, 9.17) is 11.6 Å². The Morgan fingerprint density at radius 2 is 1.96 bits per heavy atom. The van der Waals surface area contributed by atoms with Gasteiger partial charge in [0, 0.05) is 11.9 Å². The lowest BCUT2D eigenvalue weighted by atomic mass is 10.1. The number of rotatable bonds is 4. The molecule has 2 N–H and O–H groups in total. The zero-order valence-electron chi connectivity index (χ0n) is 14.3. The summed E-state index contributed by atoms with van der Waals surface area (Å²) in [6, 6.07) is 10.6. The van der Waals surface area contributed by atoms with Gasteiger partial charge in [0.25, 0.3) is 11.5 Å². The fourth-order valence-corrected chi connectivity index (χ4v) is 2.81. The van der Waals surface area contributed by atoms with Crippen molar-refractivity contribution < 1.29 is 9.18 Å². The maximum absolute atomic E-state index is 13.4. The van der Waals surface area contributed by atoms with Crippen LogP contribution in [0.3, 0.4) is 0 Å². The van der Waals surface area contributed by atoms with Crippen LogP contribution in [-0.2, 0) is 6.42 Å². The number of H-pyrrole nitrogens is 1. The number of para-hydroxylation sites is 1. The third-order valence-corrected chi connectivity index (χ3v) is 4.32. The molecular weight excluding hydrogens is 373 g/mol. The van der Waals surface area contributed by atoms with E-state index in [-0.39, 0.29) is 16.3 Å². The van der Waals surface area contributed by atoms with Gasteiger partial charge in [0.05, 0.1) is 10.7 Å². The van der Waals surface area contributed by atoms with Gasteiger partial charge in [-0.1, -0.05) is 36.7 Å². The largest absolute Gasteiger partial charge is 0.333 e. The summed E-state index contributed by atoms with van der Waals surface area (Å²) >= 11 is 5.73. The van der Waals surface area contributed by atoms with Crippen LogP contribution < -0.4 is 16.6 Å². The van der Waals surface area contributed by atoms with Crippen molar-refractivity contribution in [2.45, 2.75) is 13.3 Å². The first-order chi connectivity index (χ1) is 12.9. The Kier molecular flexibility index (Phi) is 5.23. The van der Waals surface area contributed by atoms with E-state index in [0.29, 0.717) is 12.1 Å². The number of halogens is 2. The van der Waals surface area contributed by atoms with Crippen molar-refractivity contribution in [3.05, 3.63) is 91.5 Å². The molecule has 0 spiro atoms. The Labute approximate surface area is 158 Å². The van der Waals surface area contributed by atoms with Crippen LogP contribution in [0.2, 0.25) is 5.02 Å². The van der Waals surface area contributed by atoms with E-state index in [1.54, 1.807) is 12.1 Å². The maximum Gasteiger partial charge on any atom is 0.333 e. The van der Waals surface area contributed by atoms with Crippen LogP contribution in [0.5, 0.6) is 0 Å². The van der Waals surface area contributed by atoms with Crippen molar-refractivity contribution in [1.29, 1.82) is 0 Å². The Balaban J connectivity index is 2.05. The predicted molar refractivity (Wildman–Crippen MR) is 101 cm³/mol. The number of nitrogens with zero attached hydrogens (tertiary/aromatic N) is 1. The average Bonchev–Trinajstić information content (AvgIpc) is 2.65. The number of benzene rings is 2. The van der Waals surface area contributed by atoms with Crippen LogP contribution in [0, 0.1) is 5.82 Å². The number of amides is 1. The first-order valence-electron chi connectivity index (χ1n) is 8.11. The molecule has 8 heteroatoms. The summed E-state index contributed by atoms with van der Waals surface area (Å²) in [4.78, 5) is 39.8. The zero-order chi connectivity index (χ0) is 19.6. The molecule has 0 saturated heterocycles. The third-order valence-electron chi connectivity index (χ3n) is 4.03. The molecule has 0 aliphatic rings. The van der Waals surface area contributed by atoms with Gasteiger partial charge in [0.15, 0.2) is 0 Å². The van der Waals surface area contributed by atoms with Crippen molar-refractivity contribution >= 4 is 23.2 Å². The molecule has 1 heterocycles. The number of aromatic amines is 1. The van der Waals surface area contributed by atoms with E-state index in [2.05, 4.69) is 10.3 Å². The lowest BCUT2D eigenvalue weighted by molar-refractivity contribution is 0.102. The molecule has 27 heavy (non-hydrogen) atoms. The second-order valence-electron chi connectivity index (χ2n) is 5.71. The van der Waals surface area contributed by atoms with Gasteiger partial charge in [0.1, 0.15) is 11.4 Å². The van der Waals surface area contributed by atoms with Gasteiger partial charge in [-0.15, -0.1) is 0 Å². The number of hydrogen-bond acceptors (Lipinski definition) is 3. The number of carbonyl (C=O) groups is 1. The van der Waals surface area contributed by atoms with Gasteiger partial charge in [-0.3, -0.25) is 9.59 Å². The minimum absolute atomic E-state index is 0.0521. The number of anilines is 1. The molecule has 2 aromatic carbocycles. The zero-order valence-corrected chi connectivity index (χ0v) is 15.0. The third kappa shape index (κ3) is 3.68. The fraction of sp³-hybridized carbons (Fsp3) is 0.105. The first-order valence-corrected chi connectivity index (χ1v) is 8.49. The highest BCUT2D eigenvalue weighted by atomic mass is 35.5. The van der Waals surface area contributed by atoms with Gasteiger partial charge in [-0.2, -0.15) is 0 Å². The van der Waals surface area contributed by atoms with Gasteiger partial charge in [-0.25, -0.2) is 13.8 Å². The second-order valence-corrected chi connectivity index (χ2v) is 6.12. The quantitative estimate of drug-likeness (QED) is 0.721. The molecule has 3 rings (SSSR count). The summed E-state index contributed by atoms with van der Waals surface area (Å²) < 4.78 is 14.1. The molecule has 3 aromatic rings. The molecule has 0 unspecified atom stereocenters. The van der Waals surface area contributed by atoms with E-state index in [9.17, 15) is 18.8 Å². The number of aromatic nitrogens is 2. The molecule has 0 saturated carbocycles. The lowest BCUT2D eigenvalue weighted by Gasteiger charge is -2.11. The Hall–Kier alpha value is -3.19. The molecule has 6 nitrogen and oxygen atoms in total. The molecule has 138 valence electrons. The molecule has 0 bridgehead atoms. The second kappa shape index (κ2) is 7.59. The van der Waals surface area contributed by atoms with Crippen molar-refractivity contribution in [3.63, 3.8) is 0 Å². The molecule has 1 amide bonds. The molecule has 0 radical (unpaired) electrons. The topological polar surface area (TPSA) is 84.0 Å². The Morgan fingerprint density at radius 1 is 1.22 bits per heavy atom. The van der Waals surface area contributed by atoms with Crippen molar-refractivity contribution in [1.82, 2.24) is 9.55 Å². The fourth-order valence-electron chi connectivity index (χ4n) is 2.63. The molecule has 0 aliphatic carbocycles. The first kappa shape index (κ1) is 18.6. The van der Waals surface area contributed by atoms with Gasteiger partial charge in [-0.05, 0) is 36.2 Å². The monoisotopic (exact) mass is 387 g/mol. The predicted octanol–water partition coefficient (Wildman–Crippen LogP) is 3.13. The number of nitrogens with one attached hydrogen (secondary N) is 2. The van der Waals surface area contributed by atoms with Gasteiger partial charge >= 0.3 is 5.69 Å². The normalized spacial score (nSPS) is 10.6. The maximum atomic E-state index is 13.4. The SMILES string of the molecule is CCc1ccccc1NC(=O)c1c[nH]c(=O)n(-c2ccc(F)c(Cl)c2)c1=O. The average molecular weight is 388 g/mol. The van der Waals surface area contributed by atoms with Crippen molar-refractivity contribution in [3.8, 4) is 5.69 Å². The summed E-state index contributed by atoms with van der Waals surface area (Å²) in [6.07, 6.45) is 1.75. The summed E-state index contributed by atoms with van der Waals surface area (Å²) in [7, 11) is 0. The van der Waals surface area contributed by atoms with Gasteiger partial charge in [0.2, 0.25) is 0 Å². The Morgan fingerprint density at radius 3 is 2.67 bits per heavy atom. The standard InChI is InChI=1S/C19H15ClFN3O3/c1-2-11-5-3-4-6-16(11)23-17(25)13-10-22-19(27)24(18(13)26)12-7-8-15(21)14(20)9-12/h3-10H,2H2,1H3,(H,22,27)(H,23,25). The van der Waals surface area contributed by atoms with Crippen molar-refractivity contribution in [2.75, 3.05) is 5.32 Å². The Bertz CT molecular complexity index is 1140. The highest BCUT2D eigenvalue weighted by Gasteiger charge is 2.17. The summed E-state index contributed by atoms with van der Waals surface area (Å²) in [5.41, 5.74) is -0.341. The summed E-state index contributed by atoms with van der Waals surface area (Å²) in [5, 5.41) is 2.43. The van der Waals surface area contributed by atoms with Crippen LogP contribution in [-0.4, -0.2) is 15.5 Å². The minimum atomic E-state index is -0.840. The van der Waals surface area contributed by atoms with E-state index < -0.39 is 23.0 Å². The van der Waals surface area contributed by atoms with Crippen LogP contribution in [0.1, 0.15) is 22.8 Å². The van der Waals surface area contributed by atoms with Crippen LogP contribution in [0.15, 0.2) is 58.3 Å². The van der Waals surface area contributed by atoms with Crippen LogP contribution in [0.25, 0.3) is 5.69 Å². The van der Waals surface area contributed by atoms with E-state index in [1.807, 2.05) is 19.1 Å². The highest BCUT2D eigenvalue weighted by molar-refractivity contribution is 6.30. The molecule has 0 fully saturated rings. The van der Waals surface area contributed by atoms with E-state index in [1.165, 1.54) is 6.07 Å². The summed E-state index contributed by atoms with van der Waals surface area (Å²) in [6.45, 7) is 1.94. The van der Waals surface area contributed by atoms with Crippen LogP contribution in [0.4, 0.5) is 10.1 Å². The smallest absolute Gasteiger partial charge is 0.322 e. The van der Waals surface area contributed by atoms with E-state index in [0.717, 1.165) is 28.5 Å². The van der Waals surface area contributed by atoms with E-state index >= 15 is 0 Å². The molecular formula is C19H15ClFN3O3. The molecule has 1 aromatic heterocycles. The summed E-state index contributed by atoms with van der Waals surface area (Å²) in [5.74, 6) is -1.35.